The number of ether oxygens (including phenoxy) is 2. The standard InChI is InChI=1S/C14H11NO5S2/c1-7-2-9-10(20-6-19-9)3-8(7)4-11-13(18)15(5-12(16)17)14(21)22-11/h2-4H,5-6H2,1H3,(H,16,17)/p-1/b11-4-. The highest BCUT2D eigenvalue weighted by atomic mass is 32.2. The number of aliphatic carboxylic acids is 1. The van der Waals surface area contributed by atoms with Crippen molar-refractivity contribution in [1.82, 2.24) is 4.90 Å². The average molecular weight is 336 g/mol. The van der Waals surface area contributed by atoms with Crippen LogP contribution in [-0.2, 0) is 9.59 Å². The largest absolute Gasteiger partial charge is 0.548 e. The van der Waals surface area contributed by atoms with Gasteiger partial charge in [0, 0.05) is 0 Å². The van der Waals surface area contributed by atoms with Crippen molar-refractivity contribution in [3.8, 4) is 11.5 Å². The highest BCUT2D eigenvalue weighted by molar-refractivity contribution is 8.26. The van der Waals surface area contributed by atoms with Crippen LogP contribution in [0.5, 0.6) is 11.5 Å². The van der Waals surface area contributed by atoms with Crippen molar-refractivity contribution in [2.75, 3.05) is 13.3 Å². The Bertz CT molecular complexity index is 728. The van der Waals surface area contributed by atoms with Crippen LogP contribution in [0.1, 0.15) is 11.1 Å². The smallest absolute Gasteiger partial charge is 0.266 e. The van der Waals surface area contributed by atoms with Gasteiger partial charge in [-0.2, -0.15) is 0 Å². The Balaban J connectivity index is 1.91. The highest BCUT2D eigenvalue weighted by Gasteiger charge is 2.32. The summed E-state index contributed by atoms with van der Waals surface area (Å²) in [6, 6.07) is 3.61. The molecule has 1 fully saturated rings. The fourth-order valence-electron chi connectivity index (χ4n) is 2.12. The molecular weight excluding hydrogens is 326 g/mol. The Hall–Kier alpha value is -2.06. The second kappa shape index (κ2) is 5.62. The maximum absolute atomic E-state index is 12.2. The van der Waals surface area contributed by atoms with Crippen LogP contribution in [0.4, 0.5) is 0 Å². The summed E-state index contributed by atoms with van der Waals surface area (Å²) in [6.45, 7) is 1.52. The number of hydrogen-bond donors (Lipinski definition) is 0. The fraction of sp³-hybridized carbons (Fsp3) is 0.214. The van der Waals surface area contributed by atoms with Crippen molar-refractivity contribution in [2.24, 2.45) is 0 Å². The van der Waals surface area contributed by atoms with E-state index >= 15 is 0 Å². The first-order chi connectivity index (χ1) is 10.5. The molecule has 0 aromatic heterocycles. The number of carboxylic acid groups (broad SMARTS) is 1. The molecule has 0 spiro atoms. The van der Waals surface area contributed by atoms with E-state index < -0.39 is 18.4 Å². The number of benzene rings is 1. The molecule has 22 heavy (non-hydrogen) atoms. The second-order valence-corrected chi connectivity index (χ2v) is 6.38. The zero-order valence-electron chi connectivity index (χ0n) is 11.5. The molecule has 114 valence electrons. The topological polar surface area (TPSA) is 78.9 Å². The van der Waals surface area contributed by atoms with Gasteiger partial charge in [0.15, 0.2) is 11.5 Å². The average Bonchev–Trinajstić information content (AvgIpc) is 2.99. The number of aryl methyl sites for hydroxylation is 1. The molecule has 3 rings (SSSR count). The molecule has 1 aromatic rings. The number of carbonyl (C=O) groups is 2. The van der Waals surface area contributed by atoms with Gasteiger partial charge in [0.2, 0.25) is 6.79 Å². The summed E-state index contributed by atoms with van der Waals surface area (Å²) in [5.74, 6) is -0.505. The number of fused-ring (bicyclic) bond motifs is 1. The zero-order valence-corrected chi connectivity index (χ0v) is 13.1. The molecule has 2 heterocycles. The van der Waals surface area contributed by atoms with Gasteiger partial charge in [-0.3, -0.25) is 9.69 Å². The summed E-state index contributed by atoms with van der Waals surface area (Å²) in [5.41, 5.74) is 1.70. The Kier molecular flexibility index (Phi) is 3.79. The SMILES string of the molecule is Cc1cc2c(cc1/C=C1\SC(=S)N(CC(=O)[O-])C1=O)OCO2. The lowest BCUT2D eigenvalue weighted by atomic mass is 10.1. The number of carboxylic acids is 1. The van der Waals surface area contributed by atoms with E-state index in [4.69, 9.17) is 21.7 Å². The molecule has 0 unspecified atom stereocenters. The van der Waals surface area contributed by atoms with E-state index in [2.05, 4.69) is 0 Å². The van der Waals surface area contributed by atoms with Crippen LogP contribution >= 0.6 is 24.0 Å². The summed E-state index contributed by atoms with van der Waals surface area (Å²) < 4.78 is 10.8. The molecule has 6 nitrogen and oxygen atoms in total. The molecule has 0 saturated carbocycles. The first-order valence-electron chi connectivity index (χ1n) is 6.31. The maximum Gasteiger partial charge on any atom is 0.266 e. The van der Waals surface area contributed by atoms with Crippen molar-refractivity contribution < 1.29 is 24.2 Å². The molecule has 2 aliphatic rings. The third kappa shape index (κ3) is 2.67. The minimum atomic E-state index is -1.35. The van der Waals surface area contributed by atoms with Crippen molar-refractivity contribution in [1.29, 1.82) is 0 Å². The van der Waals surface area contributed by atoms with Crippen LogP contribution in [0, 0.1) is 6.92 Å². The van der Waals surface area contributed by atoms with Crippen LogP contribution in [0.2, 0.25) is 0 Å². The molecule has 0 atom stereocenters. The zero-order chi connectivity index (χ0) is 15.9. The molecule has 8 heteroatoms. The van der Waals surface area contributed by atoms with Crippen molar-refractivity contribution in [3.05, 3.63) is 28.2 Å². The second-order valence-electron chi connectivity index (χ2n) is 4.70. The van der Waals surface area contributed by atoms with Gasteiger partial charge in [-0.1, -0.05) is 24.0 Å². The first kappa shape index (κ1) is 14.9. The third-order valence-corrected chi connectivity index (χ3v) is 4.59. The quantitative estimate of drug-likeness (QED) is 0.593. The molecule has 2 aliphatic heterocycles. The molecule has 0 aliphatic carbocycles. The minimum absolute atomic E-state index is 0.173. The van der Waals surface area contributed by atoms with Crippen molar-refractivity contribution in [2.45, 2.75) is 6.92 Å². The molecule has 1 amide bonds. The summed E-state index contributed by atoms with van der Waals surface area (Å²) >= 11 is 6.10. The monoisotopic (exact) mass is 336 g/mol. The van der Waals surface area contributed by atoms with Gasteiger partial charge in [0.25, 0.3) is 5.91 Å². The van der Waals surface area contributed by atoms with Crippen molar-refractivity contribution >= 4 is 46.3 Å². The van der Waals surface area contributed by atoms with Gasteiger partial charge in [-0.15, -0.1) is 0 Å². The first-order valence-corrected chi connectivity index (χ1v) is 7.53. The van der Waals surface area contributed by atoms with Gasteiger partial charge in [-0.05, 0) is 36.3 Å². The molecule has 0 radical (unpaired) electrons. The highest BCUT2D eigenvalue weighted by Crippen LogP contribution is 2.37. The van der Waals surface area contributed by atoms with Crippen LogP contribution in [-0.4, -0.2) is 34.4 Å². The van der Waals surface area contributed by atoms with E-state index in [1.807, 2.05) is 13.0 Å². The normalized spacial score (nSPS) is 18.4. The number of rotatable bonds is 3. The number of thioether (sulfide) groups is 1. The minimum Gasteiger partial charge on any atom is -0.548 e. The number of nitrogens with zero attached hydrogens (tertiary/aromatic N) is 1. The van der Waals surface area contributed by atoms with Crippen LogP contribution < -0.4 is 14.6 Å². The molecular formula is C14H10NO5S2-. The number of thiocarbonyl (C=S) groups is 1. The van der Waals surface area contributed by atoms with Crippen LogP contribution in [0.15, 0.2) is 17.0 Å². The van der Waals surface area contributed by atoms with E-state index in [0.29, 0.717) is 16.4 Å². The van der Waals surface area contributed by atoms with Gasteiger partial charge in [-0.25, -0.2) is 0 Å². The van der Waals surface area contributed by atoms with E-state index in [1.54, 1.807) is 12.1 Å². The van der Waals surface area contributed by atoms with E-state index in [1.165, 1.54) is 0 Å². The number of hydrogen-bond acceptors (Lipinski definition) is 7. The lowest BCUT2D eigenvalue weighted by Crippen LogP contribution is -2.40. The van der Waals surface area contributed by atoms with E-state index in [0.717, 1.165) is 27.8 Å². The summed E-state index contributed by atoms with van der Waals surface area (Å²) in [6.07, 6.45) is 1.67. The third-order valence-electron chi connectivity index (χ3n) is 3.21. The Morgan fingerprint density at radius 3 is 2.82 bits per heavy atom. The Morgan fingerprint density at radius 1 is 1.45 bits per heavy atom. The summed E-state index contributed by atoms with van der Waals surface area (Å²) in [5, 5.41) is 10.7. The molecule has 0 N–H and O–H groups in total. The number of amides is 1. The van der Waals surface area contributed by atoms with Crippen molar-refractivity contribution in [3.63, 3.8) is 0 Å². The Morgan fingerprint density at radius 2 is 2.14 bits per heavy atom. The predicted molar refractivity (Wildman–Crippen MR) is 82.2 cm³/mol. The lowest BCUT2D eigenvalue weighted by molar-refractivity contribution is -0.305. The number of carbonyl (C=O) groups excluding carboxylic acids is 2. The summed E-state index contributed by atoms with van der Waals surface area (Å²) in [4.78, 5) is 24.3. The molecule has 1 saturated heterocycles. The van der Waals surface area contributed by atoms with Gasteiger partial charge < -0.3 is 19.4 Å². The van der Waals surface area contributed by atoms with Gasteiger partial charge >= 0.3 is 0 Å². The lowest BCUT2D eigenvalue weighted by Gasteiger charge is -2.14. The van der Waals surface area contributed by atoms with Gasteiger partial charge in [0.05, 0.1) is 17.4 Å². The maximum atomic E-state index is 12.2. The van der Waals surface area contributed by atoms with Gasteiger partial charge in [0.1, 0.15) is 4.32 Å². The predicted octanol–water partition coefficient (Wildman–Crippen LogP) is 0.675. The fourth-order valence-corrected chi connectivity index (χ4v) is 3.37. The van der Waals surface area contributed by atoms with E-state index in [9.17, 15) is 14.7 Å². The van der Waals surface area contributed by atoms with Crippen LogP contribution in [0.3, 0.4) is 0 Å². The molecule has 1 aromatic carbocycles. The molecule has 0 bridgehead atoms. The van der Waals surface area contributed by atoms with E-state index in [-0.39, 0.29) is 11.1 Å². The summed E-state index contributed by atoms with van der Waals surface area (Å²) in [7, 11) is 0. The Labute approximate surface area is 135 Å². The van der Waals surface area contributed by atoms with Crippen LogP contribution in [0.25, 0.3) is 6.08 Å².